The number of alkyl halides is 3. The molecule has 0 saturated heterocycles. The second-order valence-electron chi connectivity index (χ2n) is 6.04. The molecule has 26 heavy (non-hydrogen) atoms. The van der Waals surface area contributed by atoms with E-state index in [1.54, 1.807) is 19.1 Å². The predicted octanol–water partition coefficient (Wildman–Crippen LogP) is 5.64. The Labute approximate surface area is 149 Å². The van der Waals surface area contributed by atoms with Crippen LogP contribution >= 0.6 is 0 Å². The lowest BCUT2D eigenvalue weighted by Gasteiger charge is -2.16. The zero-order valence-corrected chi connectivity index (χ0v) is 14.4. The first-order chi connectivity index (χ1) is 12.3. The Balaban J connectivity index is 1.91. The zero-order chi connectivity index (χ0) is 18.7. The molecule has 0 bridgehead atoms. The number of benzene rings is 2. The number of rotatable bonds is 4. The van der Waals surface area contributed by atoms with Crippen molar-refractivity contribution < 1.29 is 13.2 Å². The molecule has 0 fully saturated rings. The van der Waals surface area contributed by atoms with Crippen molar-refractivity contribution in [3.8, 4) is 11.3 Å². The number of nitrogens with zero attached hydrogens (tertiary/aromatic N) is 2. The Morgan fingerprint density at radius 3 is 2.35 bits per heavy atom. The normalized spacial score (nSPS) is 12.7. The van der Waals surface area contributed by atoms with Crippen LogP contribution in [0.1, 0.15) is 29.9 Å². The van der Waals surface area contributed by atoms with Gasteiger partial charge in [-0.05, 0) is 31.5 Å². The van der Waals surface area contributed by atoms with Crippen LogP contribution in [-0.2, 0) is 6.18 Å². The quantitative estimate of drug-likeness (QED) is 0.656. The number of halogens is 3. The van der Waals surface area contributed by atoms with E-state index in [9.17, 15) is 13.2 Å². The molecule has 2 aromatic carbocycles. The van der Waals surface area contributed by atoms with Crippen molar-refractivity contribution in [2.45, 2.75) is 26.1 Å². The van der Waals surface area contributed by atoms with Crippen molar-refractivity contribution in [1.29, 1.82) is 0 Å². The van der Waals surface area contributed by atoms with Gasteiger partial charge in [0.25, 0.3) is 0 Å². The lowest BCUT2D eigenvalue weighted by Crippen LogP contribution is -2.09. The van der Waals surface area contributed by atoms with Gasteiger partial charge in [0.15, 0.2) is 0 Å². The van der Waals surface area contributed by atoms with Crippen LogP contribution in [0.3, 0.4) is 0 Å². The summed E-state index contributed by atoms with van der Waals surface area (Å²) in [6.07, 6.45) is -4.39. The van der Waals surface area contributed by atoms with Gasteiger partial charge in [-0.3, -0.25) is 0 Å². The molecule has 1 N–H and O–H groups in total. The number of nitrogens with one attached hydrogen (secondary N) is 1. The number of aryl methyl sites for hydroxylation is 1. The SMILES string of the molecule is Cc1nc(NC(C)c2ccccc2)cc(-c2cccc(C(F)(F)F)c2)n1. The average Bonchev–Trinajstić information content (AvgIpc) is 2.61. The number of hydrogen-bond donors (Lipinski definition) is 1. The standard InChI is InChI=1S/C20H18F3N3/c1-13(15-7-4-3-5-8-15)24-19-12-18(25-14(2)26-19)16-9-6-10-17(11-16)20(21,22)23/h3-13H,1-2H3,(H,24,25,26). The summed E-state index contributed by atoms with van der Waals surface area (Å²) in [5.41, 5.74) is 1.25. The summed E-state index contributed by atoms with van der Waals surface area (Å²) < 4.78 is 38.9. The fraction of sp³-hybridized carbons (Fsp3) is 0.200. The van der Waals surface area contributed by atoms with E-state index < -0.39 is 11.7 Å². The second kappa shape index (κ2) is 7.15. The topological polar surface area (TPSA) is 37.8 Å². The monoisotopic (exact) mass is 357 g/mol. The van der Waals surface area contributed by atoms with Crippen molar-refractivity contribution in [2.75, 3.05) is 5.32 Å². The summed E-state index contributed by atoms with van der Waals surface area (Å²) in [5.74, 6) is 1.06. The van der Waals surface area contributed by atoms with E-state index in [0.717, 1.165) is 17.7 Å². The number of anilines is 1. The van der Waals surface area contributed by atoms with E-state index in [2.05, 4.69) is 15.3 Å². The largest absolute Gasteiger partial charge is 0.416 e. The van der Waals surface area contributed by atoms with E-state index in [1.165, 1.54) is 6.07 Å². The maximum Gasteiger partial charge on any atom is 0.416 e. The zero-order valence-electron chi connectivity index (χ0n) is 14.4. The second-order valence-corrected chi connectivity index (χ2v) is 6.04. The van der Waals surface area contributed by atoms with E-state index in [1.807, 2.05) is 37.3 Å². The molecular formula is C20H18F3N3. The Morgan fingerprint density at radius 1 is 0.923 bits per heavy atom. The molecule has 0 amide bonds. The lowest BCUT2D eigenvalue weighted by molar-refractivity contribution is -0.137. The summed E-state index contributed by atoms with van der Waals surface area (Å²) in [7, 11) is 0. The molecule has 0 aliphatic heterocycles. The Morgan fingerprint density at radius 2 is 1.65 bits per heavy atom. The fourth-order valence-corrected chi connectivity index (χ4v) is 2.69. The van der Waals surface area contributed by atoms with Gasteiger partial charge in [-0.2, -0.15) is 13.2 Å². The van der Waals surface area contributed by atoms with Crippen LogP contribution in [0.15, 0.2) is 60.7 Å². The average molecular weight is 357 g/mol. The van der Waals surface area contributed by atoms with Crippen LogP contribution in [-0.4, -0.2) is 9.97 Å². The molecule has 0 radical (unpaired) electrons. The van der Waals surface area contributed by atoms with Crippen LogP contribution in [0.4, 0.5) is 19.0 Å². The minimum absolute atomic E-state index is 0.000130. The molecule has 3 rings (SSSR count). The molecule has 1 unspecified atom stereocenters. The highest BCUT2D eigenvalue weighted by molar-refractivity contribution is 5.63. The predicted molar refractivity (Wildman–Crippen MR) is 95.7 cm³/mol. The first kappa shape index (κ1) is 17.9. The summed E-state index contributed by atoms with van der Waals surface area (Å²) in [5, 5.41) is 3.28. The third-order valence-corrected chi connectivity index (χ3v) is 3.99. The highest BCUT2D eigenvalue weighted by Gasteiger charge is 2.30. The van der Waals surface area contributed by atoms with Crippen molar-refractivity contribution in [3.05, 3.63) is 77.6 Å². The Bertz CT molecular complexity index is 892. The van der Waals surface area contributed by atoms with Gasteiger partial charge < -0.3 is 5.32 Å². The van der Waals surface area contributed by atoms with Crippen molar-refractivity contribution in [1.82, 2.24) is 9.97 Å². The van der Waals surface area contributed by atoms with E-state index in [-0.39, 0.29) is 6.04 Å². The molecule has 1 heterocycles. The maximum atomic E-state index is 13.0. The summed E-state index contributed by atoms with van der Waals surface area (Å²) in [6.45, 7) is 3.71. The van der Waals surface area contributed by atoms with Gasteiger partial charge in [0.1, 0.15) is 11.6 Å². The van der Waals surface area contributed by atoms with Crippen LogP contribution in [0, 0.1) is 6.92 Å². The molecule has 0 aliphatic rings. The summed E-state index contributed by atoms with van der Waals surface area (Å²) in [6, 6.07) is 16.7. The van der Waals surface area contributed by atoms with Gasteiger partial charge in [0, 0.05) is 17.7 Å². The van der Waals surface area contributed by atoms with Crippen molar-refractivity contribution in [3.63, 3.8) is 0 Å². The van der Waals surface area contributed by atoms with Gasteiger partial charge in [-0.1, -0.05) is 42.5 Å². The van der Waals surface area contributed by atoms with Gasteiger partial charge in [0.2, 0.25) is 0 Å². The first-order valence-corrected chi connectivity index (χ1v) is 8.18. The number of hydrogen-bond acceptors (Lipinski definition) is 3. The van der Waals surface area contributed by atoms with Crippen LogP contribution in [0.2, 0.25) is 0 Å². The number of aromatic nitrogens is 2. The molecule has 0 aliphatic carbocycles. The molecule has 1 atom stereocenters. The molecule has 6 heteroatoms. The molecule has 3 aromatic rings. The summed E-state index contributed by atoms with van der Waals surface area (Å²) in [4.78, 5) is 8.64. The minimum atomic E-state index is -4.39. The van der Waals surface area contributed by atoms with Gasteiger partial charge >= 0.3 is 6.18 Å². The maximum absolute atomic E-state index is 13.0. The third kappa shape index (κ3) is 4.20. The lowest BCUT2D eigenvalue weighted by atomic mass is 10.1. The smallest absolute Gasteiger partial charge is 0.363 e. The minimum Gasteiger partial charge on any atom is -0.363 e. The van der Waals surface area contributed by atoms with Crippen molar-refractivity contribution >= 4 is 5.82 Å². The molecule has 3 nitrogen and oxygen atoms in total. The fourth-order valence-electron chi connectivity index (χ4n) is 2.69. The molecule has 134 valence electrons. The van der Waals surface area contributed by atoms with Gasteiger partial charge in [-0.25, -0.2) is 9.97 Å². The van der Waals surface area contributed by atoms with Crippen LogP contribution < -0.4 is 5.32 Å². The van der Waals surface area contributed by atoms with Gasteiger partial charge in [0.05, 0.1) is 11.3 Å². The third-order valence-electron chi connectivity index (χ3n) is 3.99. The molecule has 0 spiro atoms. The van der Waals surface area contributed by atoms with Crippen LogP contribution in [0.5, 0.6) is 0 Å². The molecule has 0 saturated carbocycles. The van der Waals surface area contributed by atoms with E-state index in [4.69, 9.17) is 0 Å². The Kier molecular flexibility index (Phi) is 4.93. The highest BCUT2D eigenvalue weighted by Crippen LogP contribution is 2.32. The van der Waals surface area contributed by atoms with E-state index in [0.29, 0.717) is 22.9 Å². The van der Waals surface area contributed by atoms with Crippen LogP contribution in [0.25, 0.3) is 11.3 Å². The van der Waals surface area contributed by atoms with Crippen molar-refractivity contribution in [2.24, 2.45) is 0 Å². The molecule has 1 aromatic heterocycles. The highest BCUT2D eigenvalue weighted by atomic mass is 19.4. The Hall–Kier alpha value is -2.89. The molecular weight excluding hydrogens is 339 g/mol. The van der Waals surface area contributed by atoms with Gasteiger partial charge in [-0.15, -0.1) is 0 Å². The summed E-state index contributed by atoms with van der Waals surface area (Å²) >= 11 is 0. The first-order valence-electron chi connectivity index (χ1n) is 8.18. The van der Waals surface area contributed by atoms with E-state index >= 15 is 0 Å².